The molecule has 0 fully saturated rings. The molecule has 3 rings (SSSR count). The molecule has 0 spiro atoms. The Kier molecular flexibility index (Phi) is 6.11. The number of carbonyl (C=O) groups excluding carboxylic acids is 2. The van der Waals surface area contributed by atoms with Crippen molar-refractivity contribution in [2.45, 2.75) is 44.9 Å². The SMILES string of the molecule is Cc1nn2c(c1-c1ccc(Cl)c(S(=O)(=O)NCCC(C)C)c1)NC(=O)CCC2=O. The Hall–Kier alpha value is -2.23. The van der Waals surface area contributed by atoms with Crippen molar-refractivity contribution in [2.75, 3.05) is 11.9 Å². The fourth-order valence-electron chi connectivity index (χ4n) is 3.11. The predicted octanol–water partition coefficient (Wildman–Crippen LogP) is 3.21. The first-order valence-corrected chi connectivity index (χ1v) is 11.2. The van der Waals surface area contributed by atoms with Crippen LogP contribution in [0.2, 0.25) is 5.02 Å². The molecule has 1 aliphatic heterocycles. The summed E-state index contributed by atoms with van der Waals surface area (Å²) in [4.78, 5) is 24.2. The van der Waals surface area contributed by atoms with Crippen LogP contribution in [0.25, 0.3) is 11.1 Å². The maximum absolute atomic E-state index is 12.7. The van der Waals surface area contributed by atoms with Gasteiger partial charge in [-0.05, 0) is 37.0 Å². The number of fused-ring (bicyclic) bond motifs is 1. The second-order valence-electron chi connectivity index (χ2n) is 7.39. The second kappa shape index (κ2) is 8.25. The Morgan fingerprint density at radius 2 is 2.00 bits per heavy atom. The van der Waals surface area contributed by atoms with E-state index in [1.54, 1.807) is 13.0 Å². The maximum Gasteiger partial charge on any atom is 0.249 e. The molecule has 2 heterocycles. The Morgan fingerprint density at radius 3 is 2.69 bits per heavy atom. The average molecular weight is 439 g/mol. The molecule has 1 aromatic carbocycles. The van der Waals surface area contributed by atoms with E-state index in [1.165, 1.54) is 16.8 Å². The molecular weight excluding hydrogens is 416 g/mol. The summed E-state index contributed by atoms with van der Waals surface area (Å²) in [5.74, 6) is -0.000104. The highest BCUT2D eigenvalue weighted by atomic mass is 35.5. The summed E-state index contributed by atoms with van der Waals surface area (Å²) in [6, 6.07) is 4.56. The first kappa shape index (κ1) is 21.5. The van der Waals surface area contributed by atoms with Gasteiger partial charge in [0, 0.05) is 24.9 Å². The Bertz CT molecular complexity index is 1080. The topological polar surface area (TPSA) is 110 Å². The van der Waals surface area contributed by atoms with Gasteiger partial charge in [0.2, 0.25) is 21.8 Å². The molecule has 2 aromatic rings. The van der Waals surface area contributed by atoms with Gasteiger partial charge in [-0.3, -0.25) is 9.59 Å². The van der Waals surface area contributed by atoms with E-state index >= 15 is 0 Å². The van der Waals surface area contributed by atoms with Gasteiger partial charge < -0.3 is 5.32 Å². The van der Waals surface area contributed by atoms with Crippen LogP contribution in [-0.2, 0) is 14.8 Å². The van der Waals surface area contributed by atoms with Crippen LogP contribution in [0.5, 0.6) is 0 Å². The zero-order valence-corrected chi connectivity index (χ0v) is 18.0. The lowest BCUT2D eigenvalue weighted by Gasteiger charge is -2.12. The van der Waals surface area contributed by atoms with Gasteiger partial charge in [0.25, 0.3) is 0 Å². The highest BCUT2D eigenvalue weighted by Gasteiger charge is 2.27. The van der Waals surface area contributed by atoms with Gasteiger partial charge in [-0.2, -0.15) is 9.78 Å². The molecule has 0 atom stereocenters. The van der Waals surface area contributed by atoms with Crippen molar-refractivity contribution >= 4 is 39.3 Å². The fourth-order valence-corrected chi connectivity index (χ4v) is 4.69. The predicted molar refractivity (Wildman–Crippen MR) is 111 cm³/mol. The van der Waals surface area contributed by atoms with Crippen LogP contribution in [0.3, 0.4) is 0 Å². The van der Waals surface area contributed by atoms with Crippen molar-refractivity contribution in [1.82, 2.24) is 14.5 Å². The van der Waals surface area contributed by atoms with E-state index in [4.69, 9.17) is 11.6 Å². The number of aryl methyl sites for hydroxylation is 1. The maximum atomic E-state index is 12.7. The van der Waals surface area contributed by atoms with Crippen LogP contribution >= 0.6 is 11.6 Å². The number of benzene rings is 1. The summed E-state index contributed by atoms with van der Waals surface area (Å²) in [5.41, 5.74) is 1.48. The van der Waals surface area contributed by atoms with Crippen molar-refractivity contribution in [2.24, 2.45) is 5.92 Å². The number of carbonyl (C=O) groups is 2. The summed E-state index contributed by atoms with van der Waals surface area (Å²) in [6.45, 7) is 6.01. The third-order valence-corrected chi connectivity index (χ3v) is 6.59. The highest BCUT2D eigenvalue weighted by molar-refractivity contribution is 7.89. The molecule has 8 nitrogen and oxygen atoms in total. The molecule has 2 N–H and O–H groups in total. The largest absolute Gasteiger partial charge is 0.310 e. The molecule has 0 saturated carbocycles. The molecule has 29 heavy (non-hydrogen) atoms. The molecule has 1 amide bonds. The Balaban J connectivity index is 2.05. The van der Waals surface area contributed by atoms with E-state index in [-0.39, 0.29) is 40.4 Å². The molecule has 0 aliphatic carbocycles. The van der Waals surface area contributed by atoms with E-state index in [9.17, 15) is 18.0 Å². The lowest BCUT2D eigenvalue weighted by Crippen LogP contribution is -2.26. The molecule has 0 saturated heterocycles. The van der Waals surface area contributed by atoms with E-state index < -0.39 is 10.0 Å². The van der Waals surface area contributed by atoms with E-state index in [1.807, 2.05) is 13.8 Å². The number of sulfonamides is 1. The molecule has 10 heteroatoms. The number of aromatic nitrogens is 2. The van der Waals surface area contributed by atoms with Crippen molar-refractivity contribution in [3.05, 3.63) is 28.9 Å². The van der Waals surface area contributed by atoms with Gasteiger partial charge in [-0.25, -0.2) is 13.1 Å². The van der Waals surface area contributed by atoms with E-state index in [0.29, 0.717) is 35.7 Å². The number of halogens is 1. The summed E-state index contributed by atoms with van der Waals surface area (Å²) in [6.07, 6.45) is 0.820. The van der Waals surface area contributed by atoms with Crippen LogP contribution in [0.1, 0.15) is 43.6 Å². The number of nitrogens with one attached hydrogen (secondary N) is 2. The minimum absolute atomic E-state index is 0.0550. The van der Waals surface area contributed by atoms with Crippen LogP contribution in [0.15, 0.2) is 23.1 Å². The molecule has 0 radical (unpaired) electrons. The van der Waals surface area contributed by atoms with Gasteiger partial charge in [0.15, 0.2) is 0 Å². The lowest BCUT2D eigenvalue weighted by atomic mass is 10.1. The zero-order chi connectivity index (χ0) is 21.3. The highest BCUT2D eigenvalue weighted by Crippen LogP contribution is 2.36. The van der Waals surface area contributed by atoms with Gasteiger partial charge >= 0.3 is 0 Å². The lowest BCUT2D eigenvalue weighted by molar-refractivity contribution is -0.116. The van der Waals surface area contributed by atoms with Crippen molar-refractivity contribution in [1.29, 1.82) is 0 Å². The van der Waals surface area contributed by atoms with E-state index in [2.05, 4.69) is 15.1 Å². The standard InChI is InChI=1S/C19H23ClN4O4S/c1-11(2)8-9-21-29(27,28)15-10-13(4-5-14(15)20)18-12(3)23-24-17(26)7-6-16(25)22-19(18)24/h4-5,10-11,21H,6-9H2,1-3H3,(H,22,25). The molecule has 1 aromatic heterocycles. The number of rotatable bonds is 6. The first-order chi connectivity index (χ1) is 13.6. The number of hydrogen-bond acceptors (Lipinski definition) is 5. The number of hydrogen-bond donors (Lipinski definition) is 2. The summed E-state index contributed by atoms with van der Waals surface area (Å²) in [7, 11) is -3.83. The molecule has 1 aliphatic rings. The second-order valence-corrected chi connectivity index (χ2v) is 9.53. The summed E-state index contributed by atoms with van der Waals surface area (Å²) in [5, 5.41) is 7.03. The monoisotopic (exact) mass is 438 g/mol. The smallest absolute Gasteiger partial charge is 0.249 e. The van der Waals surface area contributed by atoms with Crippen molar-refractivity contribution in [3.8, 4) is 11.1 Å². The summed E-state index contributed by atoms with van der Waals surface area (Å²) >= 11 is 6.18. The fraction of sp³-hybridized carbons (Fsp3) is 0.421. The summed E-state index contributed by atoms with van der Waals surface area (Å²) < 4.78 is 29.2. The van der Waals surface area contributed by atoms with Crippen LogP contribution in [0, 0.1) is 12.8 Å². The average Bonchev–Trinajstić information content (AvgIpc) is 2.88. The minimum atomic E-state index is -3.83. The third-order valence-electron chi connectivity index (χ3n) is 4.64. The molecule has 0 unspecified atom stereocenters. The first-order valence-electron chi connectivity index (χ1n) is 9.32. The zero-order valence-electron chi connectivity index (χ0n) is 16.5. The Morgan fingerprint density at radius 1 is 1.28 bits per heavy atom. The molecular formula is C19H23ClN4O4S. The molecule has 0 bridgehead atoms. The van der Waals surface area contributed by atoms with Gasteiger partial charge in [0.1, 0.15) is 10.7 Å². The normalized spacial score (nSPS) is 14.7. The van der Waals surface area contributed by atoms with Crippen LogP contribution in [-0.4, -0.2) is 36.6 Å². The van der Waals surface area contributed by atoms with Crippen LogP contribution in [0.4, 0.5) is 5.82 Å². The number of nitrogens with zero attached hydrogens (tertiary/aromatic N) is 2. The van der Waals surface area contributed by atoms with Crippen molar-refractivity contribution < 1.29 is 18.0 Å². The minimum Gasteiger partial charge on any atom is -0.310 e. The van der Waals surface area contributed by atoms with Gasteiger partial charge in [-0.15, -0.1) is 0 Å². The number of anilines is 1. The third kappa shape index (κ3) is 4.52. The quantitative estimate of drug-likeness (QED) is 0.719. The van der Waals surface area contributed by atoms with Crippen LogP contribution < -0.4 is 10.0 Å². The van der Waals surface area contributed by atoms with Crippen molar-refractivity contribution in [3.63, 3.8) is 0 Å². The van der Waals surface area contributed by atoms with Gasteiger partial charge in [0.05, 0.1) is 10.7 Å². The molecule has 156 valence electrons. The van der Waals surface area contributed by atoms with E-state index in [0.717, 1.165) is 0 Å². The number of amides is 1. The Labute approximate surface area is 174 Å². The van der Waals surface area contributed by atoms with Gasteiger partial charge in [-0.1, -0.05) is 31.5 Å².